The van der Waals surface area contributed by atoms with Gasteiger partial charge in [-0.2, -0.15) is 0 Å². The van der Waals surface area contributed by atoms with E-state index in [1.54, 1.807) is 32.4 Å². The fourth-order valence-corrected chi connectivity index (χ4v) is 3.61. The molecule has 1 amide bonds. The Morgan fingerprint density at radius 1 is 1.10 bits per heavy atom. The third-order valence-electron chi connectivity index (χ3n) is 5.39. The van der Waals surface area contributed by atoms with Gasteiger partial charge in [0, 0.05) is 45.5 Å². The van der Waals surface area contributed by atoms with Gasteiger partial charge < -0.3 is 24.4 Å². The summed E-state index contributed by atoms with van der Waals surface area (Å²) in [6.07, 6.45) is 0. The zero-order valence-electron chi connectivity index (χ0n) is 18.2. The normalized spacial score (nSPS) is 15.3. The van der Waals surface area contributed by atoms with E-state index in [4.69, 9.17) is 14.2 Å². The first kappa shape index (κ1) is 21.9. The van der Waals surface area contributed by atoms with Crippen molar-refractivity contribution in [3.63, 3.8) is 0 Å². The number of benzene rings is 2. The van der Waals surface area contributed by atoms with Gasteiger partial charge in [0.15, 0.2) is 0 Å². The van der Waals surface area contributed by atoms with Crippen LogP contribution in [-0.2, 0) is 4.74 Å². The highest BCUT2D eigenvalue weighted by atomic mass is 16.5. The minimum absolute atomic E-state index is 0.0679. The molecular weight excluding hydrogens is 382 g/mol. The van der Waals surface area contributed by atoms with Crippen molar-refractivity contribution in [2.45, 2.75) is 6.04 Å². The fraction of sp³-hybridized carbons (Fsp3) is 0.435. The predicted octanol–water partition coefficient (Wildman–Crippen LogP) is 2.57. The van der Waals surface area contributed by atoms with Crippen LogP contribution in [0.2, 0.25) is 0 Å². The molecule has 1 atom stereocenters. The lowest BCUT2D eigenvalue weighted by Gasteiger charge is -2.35. The van der Waals surface area contributed by atoms with Gasteiger partial charge in [-0.3, -0.25) is 9.69 Å². The number of anilines is 1. The van der Waals surface area contributed by atoms with Gasteiger partial charge in [0.1, 0.15) is 11.5 Å². The Morgan fingerprint density at radius 3 is 2.40 bits per heavy atom. The molecule has 1 fully saturated rings. The van der Waals surface area contributed by atoms with Gasteiger partial charge in [0.25, 0.3) is 5.91 Å². The van der Waals surface area contributed by atoms with Crippen LogP contribution in [0.25, 0.3) is 0 Å². The number of carbonyl (C=O) groups is 1. The van der Waals surface area contributed by atoms with Crippen LogP contribution in [-0.4, -0.2) is 72.0 Å². The highest BCUT2D eigenvalue weighted by Gasteiger charge is 2.24. The van der Waals surface area contributed by atoms with Crippen molar-refractivity contribution < 1.29 is 19.0 Å². The highest BCUT2D eigenvalue weighted by molar-refractivity contribution is 5.97. The molecule has 2 aromatic carbocycles. The van der Waals surface area contributed by atoms with Gasteiger partial charge in [-0.05, 0) is 29.8 Å². The number of nitrogens with one attached hydrogen (secondary N) is 1. The summed E-state index contributed by atoms with van der Waals surface area (Å²) in [4.78, 5) is 17.3. The van der Waals surface area contributed by atoms with Crippen molar-refractivity contribution >= 4 is 11.6 Å². The smallest absolute Gasteiger partial charge is 0.255 e. The summed E-state index contributed by atoms with van der Waals surface area (Å²) in [7, 11) is 7.19. The minimum atomic E-state index is -0.169. The van der Waals surface area contributed by atoms with Gasteiger partial charge in [0.2, 0.25) is 0 Å². The Hall–Kier alpha value is -2.77. The van der Waals surface area contributed by atoms with Crippen LogP contribution in [0.3, 0.4) is 0 Å². The number of rotatable bonds is 8. The van der Waals surface area contributed by atoms with E-state index in [-0.39, 0.29) is 11.9 Å². The number of amides is 1. The Labute approximate surface area is 178 Å². The largest absolute Gasteiger partial charge is 0.497 e. The molecule has 1 aliphatic heterocycles. The maximum atomic E-state index is 12.9. The number of carbonyl (C=O) groups excluding carboxylic acids is 1. The number of methoxy groups -OCH3 is 2. The lowest BCUT2D eigenvalue weighted by Crippen LogP contribution is -2.43. The van der Waals surface area contributed by atoms with Gasteiger partial charge in [-0.1, -0.05) is 12.1 Å². The van der Waals surface area contributed by atoms with Gasteiger partial charge in [-0.15, -0.1) is 0 Å². The maximum Gasteiger partial charge on any atom is 0.255 e. The molecule has 7 heteroatoms. The highest BCUT2D eigenvalue weighted by Crippen LogP contribution is 2.26. The number of ether oxygens (including phenoxy) is 3. The third-order valence-corrected chi connectivity index (χ3v) is 5.39. The molecule has 0 saturated carbocycles. The topological polar surface area (TPSA) is 63.3 Å². The van der Waals surface area contributed by atoms with Gasteiger partial charge >= 0.3 is 0 Å². The standard InChI is InChI=1S/C23H31N3O4/c1-25(2)18-7-5-17(6-8-18)21(26-11-13-30-14-12-26)16-24-23(27)20-10-9-19(28-3)15-22(20)29-4/h5-10,15,21H,11-14,16H2,1-4H3,(H,24,27). The van der Waals surface area contributed by atoms with Crippen molar-refractivity contribution in [3.8, 4) is 11.5 Å². The molecule has 1 aliphatic rings. The summed E-state index contributed by atoms with van der Waals surface area (Å²) < 4.78 is 16.1. The van der Waals surface area contributed by atoms with E-state index >= 15 is 0 Å². The lowest BCUT2D eigenvalue weighted by atomic mass is 10.0. The summed E-state index contributed by atoms with van der Waals surface area (Å²) in [6.45, 7) is 3.57. The Morgan fingerprint density at radius 2 is 1.80 bits per heavy atom. The number of nitrogens with zero attached hydrogens (tertiary/aromatic N) is 2. The first-order valence-electron chi connectivity index (χ1n) is 10.1. The van der Waals surface area contributed by atoms with Crippen LogP contribution in [0.15, 0.2) is 42.5 Å². The second kappa shape index (κ2) is 10.3. The molecule has 0 bridgehead atoms. The lowest BCUT2D eigenvalue weighted by molar-refractivity contribution is 0.0162. The Balaban J connectivity index is 1.77. The van der Waals surface area contributed by atoms with Crippen LogP contribution in [0.1, 0.15) is 22.0 Å². The summed E-state index contributed by atoms with van der Waals surface area (Å²) in [6, 6.07) is 13.8. The molecule has 2 aromatic rings. The van der Waals surface area contributed by atoms with Crippen molar-refractivity contribution in [1.29, 1.82) is 0 Å². The van der Waals surface area contributed by atoms with E-state index in [9.17, 15) is 4.79 Å². The molecule has 7 nitrogen and oxygen atoms in total. The van der Waals surface area contributed by atoms with Crippen molar-refractivity contribution in [2.24, 2.45) is 0 Å². The van der Waals surface area contributed by atoms with E-state index in [1.165, 1.54) is 5.56 Å². The van der Waals surface area contributed by atoms with E-state index in [0.717, 1.165) is 18.8 Å². The Kier molecular flexibility index (Phi) is 7.54. The molecule has 30 heavy (non-hydrogen) atoms. The van der Waals surface area contributed by atoms with Crippen molar-refractivity contribution in [1.82, 2.24) is 10.2 Å². The number of morpholine rings is 1. The Bertz CT molecular complexity index is 833. The van der Waals surface area contributed by atoms with E-state index in [2.05, 4.69) is 39.4 Å². The molecular formula is C23H31N3O4. The number of hydrogen-bond acceptors (Lipinski definition) is 6. The van der Waals surface area contributed by atoms with E-state index in [0.29, 0.717) is 36.8 Å². The average molecular weight is 414 g/mol. The molecule has 0 aromatic heterocycles. The van der Waals surface area contributed by atoms with Gasteiger partial charge in [-0.25, -0.2) is 0 Å². The third kappa shape index (κ3) is 5.23. The summed E-state index contributed by atoms with van der Waals surface area (Å²) in [5, 5.41) is 3.09. The molecule has 0 radical (unpaired) electrons. The SMILES string of the molecule is COc1ccc(C(=O)NCC(c2ccc(N(C)C)cc2)N2CCOCC2)c(OC)c1. The first-order valence-corrected chi connectivity index (χ1v) is 10.1. The first-order chi connectivity index (χ1) is 14.5. The predicted molar refractivity (Wildman–Crippen MR) is 118 cm³/mol. The molecule has 1 unspecified atom stereocenters. The zero-order chi connectivity index (χ0) is 21.5. The molecule has 1 N–H and O–H groups in total. The average Bonchev–Trinajstić information content (AvgIpc) is 2.79. The maximum absolute atomic E-state index is 12.9. The molecule has 1 heterocycles. The molecule has 1 saturated heterocycles. The summed E-state index contributed by atoms with van der Waals surface area (Å²) >= 11 is 0. The number of hydrogen-bond donors (Lipinski definition) is 1. The second-order valence-electron chi connectivity index (χ2n) is 7.43. The van der Waals surface area contributed by atoms with Crippen LogP contribution >= 0.6 is 0 Å². The summed E-state index contributed by atoms with van der Waals surface area (Å²) in [5.74, 6) is 0.971. The van der Waals surface area contributed by atoms with Crippen molar-refractivity contribution in [2.75, 3.05) is 66.1 Å². The molecule has 0 spiro atoms. The second-order valence-corrected chi connectivity index (χ2v) is 7.43. The summed E-state index contributed by atoms with van der Waals surface area (Å²) in [5.41, 5.74) is 2.80. The quantitative estimate of drug-likeness (QED) is 0.718. The fourth-order valence-electron chi connectivity index (χ4n) is 3.61. The van der Waals surface area contributed by atoms with E-state index in [1.807, 2.05) is 14.1 Å². The minimum Gasteiger partial charge on any atom is -0.497 e. The van der Waals surface area contributed by atoms with Crippen LogP contribution in [0, 0.1) is 0 Å². The zero-order valence-corrected chi connectivity index (χ0v) is 18.2. The van der Waals surface area contributed by atoms with E-state index < -0.39 is 0 Å². The van der Waals surface area contributed by atoms with Crippen LogP contribution in [0.4, 0.5) is 5.69 Å². The van der Waals surface area contributed by atoms with Crippen molar-refractivity contribution in [3.05, 3.63) is 53.6 Å². The van der Waals surface area contributed by atoms with Crippen LogP contribution < -0.4 is 19.7 Å². The van der Waals surface area contributed by atoms with Crippen LogP contribution in [0.5, 0.6) is 11.5 Å². The van der Waals surface area contributed by atoms with Gasteiger partial charge in [0.05, 0.1) is 39.0 Å². The molecule has 3 rings (SSSR count). The monoisotopic (exact) mass is 413 g/mol. The molecule has 0 aliphatic carbocycles. The molecule has 162 valence electrons.